The van der Waals surface area contributed by atoms with Gasteiger partial charge in [-0.1, -0.05) is 36.4 Å². The van der Waals surface area contributed by atoms with Crippen molar-refractivity contribution < 1.29 is 4.90 Å². The quantitative estimate of drug-likeness (QED) is 0.560. The number of hydrogen-bond acceptors (Lipinski definition) is 2. The highest BCUT2D eigenvalue weighted by Crippen LogP contribution is 2.16. The first kappa shape index (κ1) is 20.0. The van der Waals surface area contributed by atoms with Crippen LogP contribution in [0.3, 0.4) is 0 Å². The van der Waals surface area contributed by atoms with Crippen LogP contribution in [-0.4, -0.2) is 42.2 Å². The van der Waals surface area contributed by atoms with Gasteiger partial charge in [-0.25, -0.2) is 0 Å². The SMILES string of the molecule is Cc1cccc2cc(CN(CC[NH+](C)C)C(=S)Nc3ccccc3)c(=O)[nH]c12. The summed E-state index contributed by atoms with van der Waals surface area (Å²) in [7, 11) is 4.22. The van der Waals surface area contributed by atoms with Crippen molar-refractivity contribution in [2.45, 2.75) is 13.5 Å². The second-order valence-corrected chi connectivity index (χ2v) is 7.72. The van der Waals surface area contributed by atoms with Crippen molar-refractivity contribution in [3.63, 3.8) is 0 Å². The minimum absolute atomic E-state index is 0.0634. The van der Waals surface area contributed by atoms with E-state index in [4.69, 9.17) is 12.2 Å². The Morgan fingerprint density at radius 1 is 1.14 bits per heavy atom. The van der Waals surface area contributed by atoms with E-state index in [0.717, 1.165) is 35.2 Å². The first-order valence-corrected chi connectivity index (χ1v) is 9.86. The summed E-state index contributed by atoms with van der Waals surface area (Å²) >= 11 is 5.66. The van der Waals surface area contributed by atoms with E-state index in [1.54, 1.807) is 0 Å². The Hall–Kier alpha value is -2.70. The van der Waals surface area contributed by atoms with Gasteiger partial charge in [0.25, 0.3) is 5.56 Å². The van der Waals surface area contributed by atoms with Gasteiger partial charge in [0.2, 0.25) is 0 Å². The summed E-state index contributed by atoms with van der Waals surface area (Å²) in [6.07, 6.45) is 0. The van der Waals surface area contributed by atoms with Gasteiger partial charge in [0.05, 0.1) is 39.2 Å². The maximum atomic E-state index is 12.7. The van der Waals surface area contributed by atoms with Gasteiger partial charge in [-0.3, -0.25) is 4.79 Å². The van der Waals surface area contributed by atoms with E-state index in [0.29, 0.717) is 17.2 Å². The Balaban J connectivity index is 1.86. The molecule has 6 heteroatoms. The molecule has 2 aromatic carbocycles. The number of nitrogens with one attached hydrogen (secondary N) is 3. The lowest BCUT2D eigenvalue weighted by Gasteiger charge is -2.26. The van der Waals surface area contributed by atoms with Crippen LogP contribution in [0.2, 0.25) is 0 Å². The molecule has 0 unspecified atom stereocenters. The number of fused-ring (bicyclic) bond motifs is 1. The largest absolute Gasteiger partial charge is 0.339 e. The molecule has 0 fully saturated rings. The number of aromatic amines is 1. The number of para-hydroxylation sites is 2. The van der Waals surface area contributed by atoms with E-state index >= 15 is 0 Å². The molecule has 3 rings (SSSR count). The summed E-state index contributed by atoms with van der Waals surface area (Å²) < 4.78 is 0. The van der Waals surface area contributed by atoms with Gasteiger partial charge in [0.1, 0.15) is 0 Å². The van der Waals surface area contributed by atoms with Crippen LogP contribution >= 0.6 is 12.2 Å². The Labute approximate surface area is 171 Å². The van der Waals surface area contributed by atoms with Gasteiger partial charge in [0.15, 0.2) is 5.11 Å². The van der Waals surface area contributed by atoms with Gasteiger partial charge in [0, 0.05) is 11.3 Å². The van der Waals surface area contributed by atoms with Crippen LogP contribution in [0, 0.1) is 6.92 Å². The smallest absolute Gasteiger partial charge is 0.253 e. The Bertz CT molecular complexity index is 1010. The van der Waals surface area contributed by atoms with Crippen LogP contribution in [-0.2, 0) is 6.54 Å². The number of benzene rings is 2. The molecule has 0 radical (unpaired) electrons. The number of anilines is 1. The van der Waals surface area contributed by atoms with Crippen molar-refractivity contribution in [2.75, 3.05) is 32.5 Å². The number of nitrogens with zero attached hydrogens (tertiary/aromatic N) is 1. The number of likely N-dealkylation sites (N-methyl/N-ethyl adjacent to an activating group) is 1. The molecule has 0 aliphatic heterocycles. The summed E-state index contributed by atoms with van der Waals surface area (Å²) in [6, 6.07) is 17.9. The molecule has 3 N–H and O–H groups in total. The highest BCUT2D eigenvalue weighted by atomic mass is 32.1. The first-order chi connectivity index (χ1) is 13.4. The van der Waals surface area contributed by atoms with Crippen LogP contribution in [0.15, 0.2) is 59.4 Å². The molecule has 3 aromatic rings. The molecule has 1 heterocycles. The van der Waals surface area contributed by atoms with Gasteiger partial charge in [-0.05, 0) is 48.3 Å². The highest BCUT2D eigenvalue weighted by molar-refractivity contribution is 7.80. The van der Waals surface area contributed by atoms with E-state index < -0.39 is 0 Å². The van der Waals surface area contributed by atoms with Gasteiger partial charge in [-0.2, -0.15) is 0 Å². The number of aromatic nitrogens is 1. The molecule has 0 spiro atoms. The molecule has 5 nitrogen and oxygen atoms in total. The van der Waals surface area contributed by atoms with E-state index in [2.05, 4.69) is 29.3 Å². The molecule has 0 saturated heterocycles. The van der Waals surface area contributed by atoms with Gasteiger partial charge >= 0.3 is 0 Å². The predicted octanol–water partition coefficient (Wildman–Crippen LogP) is 2.18. The molecular weight excluding hydrogens is 368 g/mol. The minimum Gasteiger partial charge on any atom is -0.339 e. The number of pyridine rings is 1. The number of aryl methyl sites for hydroxylation is 1. The fourth-order valence-corrected chi connectivity index (χ4v) is 3.36. The summed E-state index contributed by atoms with van der Waals surface area (Å²) in [4.78, 5) is 19.1. The number of quaternary nitrogens is 1. The molecule has 146 valence electrons. The summed E-state index contributed by atoms with van der Waals surface area (Å²) in [5.74, 6) is 0. The lowest BCUT2D eigenvalue weighted by atomic mass is 10.1. The zero-order valence-corrected chi connectivity index (χ0v) is 17.4. The van der Waals surface area contributed by atoms with Gasteiger partial charge < -0.3 is 20.1 Å². The number of H-pyrrole nitrogens is 1. The Morgan fingerprint density at radius 3 is 2.61 bits per heavy atom. The normalized spacial score (nSPS) is 11.0. The standard InChI is InChI=1S/C22H26N4OS/c1-16-8-7-9-17-14-18(21(27)24-20(16)17)15-26(13-12-25(2)3)22(28)23-19-10-5-4-6-11-19/h4-11,14H,12-13,15H2,1-3H3,(H,23,28)(H,24,27)/p+1. The van der Waals surface area contributed by atoms with Crippen LogP contribution in [0.4, 0.5) is 5.69 Å². The average molecular weight is 396 g/mol. The summed E-state index contributed by atoms with van der Waals surface area (Å²) in [5, 5.41) is 4.95. The van der Waals surface area contributed by atoms with Crippen molar-refractivity contribution in [3.8, 4) is 0 Å². The van der Waals surface area contributed by atoms with E-state index in [9.17, 15) is 4.79 Å². The van der Waals surface area contributed by atoms with E-state index in [1.807, 2.05) is 61.5 Å². The third kappa shape index (κ3) is 4.97. The fraction of sp³-hybridized carbons (Fsp3) is 0.273. The Kier molecular flexibility index (Phi) is 6.44. The second kappa shape index (κ2) is 8.99. The third-order valence-electron chi connectivity index (χ3n) is 4.72. The number of hydrogen-bond donors (Lipinski definition) is 3. The molecule has 0 amide bonds. The van der Waals surface area contributed by atoms with Crippen LogP contribution in [0.25, 0.3) is 10.9 Å². The van der Waals surface area contributed by atoms with Crippen molar-refractivity contribution in [2.24, 2.45) is 0 Å². The van der Waals surface area contributed by atoms with Crippen molar-refractivity contribution in [3.05, 3.63) is 76.1 Å². The zero-order chi connectivity index (χ0) is 20.1. The molecule has 0 saturated carbocycles. The maximum absolute atomic E-state index is 12.7. The Morgan fingerprint density at radius 2 is 1.89 bits per heavy atom. The van der Waals surface area contributed by atoms with Gasteiger partial charge in [-0.15, -0.1) is 0 Å². The fourth-order valence-electron chi connectivity index (χ4n) is 3.09. The monoisotopic (exact) mass is 395 g/mol. The highest BCUT2D eigenvalue weighted by Gasteiger charge is 2.15. The first-order valence-electron chi connectivity index (χ1n) is 9.45. The summed E-state index contributed by atoms with van der Waals surface area (Å²) in [5.41, 5.74) is 3.55. The van der Waals surface area contributed by atoms with Crippen LogP contribution in [0.5, 0.6) is 0 Å². The molecular formula is C22H27N4OS+. The maximum Gasteiger partial charge on any atom is 0.253 e. The van der Waals surface area contributed by atoms with Crippen molar-refractivity contribution >= 4 is 33.9 Å². The van der Waals surface area contributed by atoms with Crippen LogP contribution < -0.4 is 15.8 Å². The lowest BCUT2D eigenvalue weighted by molar-refractivity contribution is -0.857. The molecule has 28 heavy (non-hydrogen) atoms. The molecule has 0 bridgehead atoms. The molecule has 0 atom stereocenters. The predicted molar refractivity (Wildman–Crippen MR) is 120 cm³/mol. The lowest BCUT2D eigenvalue weighted by Crippen LogP contribution is -3.06. The zero-order valence-electron chi connectivity index (χ0n) is 16.6. The number of rotatable bonds is 6. The van der Waals surface area contributed by atoms with E-state index in [-0.39, 0.29) is 5.56 Å². The van der Waals surface area contributed by atoms with Crippen molar-refractivity contribution in [1.29, 1.82) is 0 Å². The number of thiocarbonyl (C=S) groups is 1. The van der Waals surface area contributed by atoms with E-state index in [1.165, 1.54) is 4.90 Å². The topological polar surface area (TPSA) is 52.6 Å². The minimum atomic E-state index is -0.0634. The van der Waals surface area contributed by atoms with Crippen LogP contribution in [0.1, 0.15) is 11.1 Å². The molecule has 0 aliphatic rings. The molecule has 0 aliphatic carbocycles. The third-order valence-corrected chi connectivity index (χ3v) is 5.08. The summed E-state index contributed by atoms with van der Waals surface area (Å²) in [6.45, 7) is 4.14. The second-order valence-electron chi connectivity index (χ2n) is 7.34. The molecule has 1 aromatic heterocycles. The van der Waals surface area contributed by atoms with Crippen molar-refractivity contribution in [1.82, 2.24) is 9.88 Å². The average Bonchev–Trinajstić information content (AvgIpc) is 2.67.